The van der Waals surface area contributed by atoms with Crippen LogP contribution in [-0.2, 0) is 12.0 Å². The summed E-state index contributed by atoms with van der Waals surface area (Å²) in [5.41, 5.74) is 1.57. The molecule has 0 aromatic carbocycles. The topological polar surface area (TPSA) is 87.7 Å². The summed E-state index contributed by atoms with van der Waals surface area (Å²) >= 11 is 0. The summed E-state index contributed by atoms with van der Waals surface area (Å²) in [5.74, 6) is 0.136. The number of nitrogens with zero attached hydrogens (tertiary/aromatic N) is 2. The number of carbonyl (C=O) groups excluding carboxylic acids is 1. The third-order valence-corrected chi connectivity index (χ3v) is 3.46. The number of amides is 1. The van der Waals surface area contributed by atoms with E-state index in [2.05, 4.69) is 20.3 Å². The van der Waals surface area contributed by atoms with Crippen LogP contribution in [0.25, 0.3) is 0 Å². The van der Waals surface area contributed by atoms with Gasteiger partial charge in [-0.3, -0.25) is 14.6 Å². The van der Waals surface area contributed by atoms with E-state index >= 15 is 0 Å². The number of aryl methyl sites for hydroxylation is 2. The average molecular weight is 314 g/mol. The number of pyridine rings is 1. The van der Waals surface area contributed by atoms with Gasteiger partial charge in [0, 0.05) is 23.9 Å². The minimum Gasteiger partial charge on any atom is -0.348 e. The zero-order valence-electron chi connectivity index (χ0n) is 14.2. The molecule has 0 bridgehead atoms. The third-order valence-electron chi connectivity index (χ3n) is 3.46. The first-order valence-corrected chi connectivity index (χ1v) is 7.49. The molecule has 23 heavy (non-hydrogen) atoms. The van der Waals surface area contributed by atoms with Crippen molar-refractivity contribution in [1.29, 1.82) is 0 Å². The highest BCUT2D eigenvalue weighted by Gasteiger charge is 2.21. The molecule has 0 aliphatic carbocycles. The predicted octanol–water partition coefficient (Wildman–Crippen LogP) is 2.01. The van der Waals surface area contributed by atoms with Crippen LogP contribution in [0.3, 0.4) is 0 Å². The van der Waals surface area contributed by atoms with E-state index in [-0.39, 0.29) is 11.0 Å². The molecule has 1 amide bonds. The fourth-order valence-corrected chi connectivity index (χ4v) is 2.08. The van der Waals surface area contributed by atoms with Gasteiger partial charge in [0.25, 0.3) is 11.5 Å². The van der Waals surface area contributed by atoms with E-state index in [1.807, 2.05) is 39.8 Å². The molecule has 0 atom stereocenters. The second kappa shape index (κ2) is 6.32. The van der Waals surface area contributed by atoms with Crippen LogP contribution in [-0.4, -0.2) is 20.9 Å². The Morgan fingerprint density at radius 1 is 1.26 bits per heavy atom. The van der Waals surface area contributed by atoms with E-state index in [1.165, 1.54) is 0 Å². The van der Waals surface area contributed by atoms with E-state index in [9.17, 15) is 9.59 Å². The molecule has 2 N–H and O–H groups in total. The molecule has 0 radical (unpaired) electrons. The summed E-state index contributed by atoms with van der Waals surface area (Å²) in [6.45, 7) is 9.74. The standard InChI is InChI=1S/C17H22N4O2/c1-10-6-7-12(8-18-10)9-19-14(22)13-11(2)20-16(17(3,4)5)21-15(13)23/h6-8H,9H2,1-5H3,(H,19,22)(H,20,21,23). The zero-order chi connectivity index (χ0) is 17.2. The van der Waals surface area contributed by atoms with E-state index in [0.29, 0.717) is 18.1 Å². The number of hydrogen-bond acceptors (Lipinski definition) is 4. The first-order chi connectivity index (χ1) is 10.7. The van der Waals surface area contributed by atoms with E-state index in [0.717, 1.165) is 11.3 Å². The molecule has 122 valence electrons. The Morgan fingerprint density at radius 2 is 1.96 bits per heavy atom. The Labute approximate surface area is 135 Å². The summed E-state index contributed by atoms with van der Waals surface area (Å²) < 4.78 is 0. The Hall–Kier alpha value is -2.50. The first kappa shape index (κ1) is 16.9. The van der Waals surface area contributed by atoms with Crippen LogP contribution >= 0.6 is 0 Å². The van der Waals surface area contributed by atoms with Crippen molar-refractivity contribution in [1.82, 2.24) is 20.3 Å². The number of aromatic nitrogens is 3. The fourth-order valence-electron chi connectivity index (χ4n) is 2.08. The maximum absolute atomic E-state index is 12.3. The average Bonchev–Trinajstić information content (AvgIpc) is 2.45. The lowest BCUT2D eigenvalue weighted by Crippen LogP contribution is -2.33. The number of carbonyl (C=O) groups is 1. The van der Waals surface area contributed by atoms with Gasteiger partial charge in [-0.1, -0.05) is 26.8 Å². The van der Waals surface area contributed by atoms with Crippen LogP contribution in [0, 0.1) is 13.8 Å². The quantitative estimate of drug-likeness (QED) is 0.907. The number of H-pyrrole nitrogens is 1. The van der Waals surface area contributed by atoms with Gasteiger partial charge in [0.1, 0.15) is 11.4 Å². The molecule has 0 saturated carbocycles. The summed E-state index contributed by atoms with van der Waals surface area (Å²) in [6.07, 6.45) is 1.70. The van der Waals surface area contributed by atoms with Gasteiger partial charge in [0.05, 0.1) is 5.69 Å². The van der Waals surface area contributed by atoms with Crippen LogP contribution in [0.1, 0.15) is 53.9 Å². The Kier molecular flexibility index (Phi) is 4.63. The van der Waals surface area contributed by atoms with Gasteiger partial charge in [-0.25, -0.2) is 4.98 Å². The Balaban J connectivity index is 2.19. The molecule has 6 heteroatoms. The van der Waals surface area contributed by atoms with Crippen molar-refractivity contribution < 1.29 is 4.79 Å². The summed E-state index contributed by atoms with van der Waals surface area (Å²) in [4.78, 5) is 35.8. The molecule has 0 aliphatic rings. The minimum absolute atomic E-state index is 0.0538. The van der Waals surface area contributed by atoms with Crippen molar-refractivity contribution in [3.05, 3.63) is 57.0 Å². The molecular formula is C17H22N4O2. The largest absolute Gasteiger partial charge is 0.348 e. The monoisotopic (exact) mass is 314 g/mol. The van der Waals surface area contributed by atoms with Gasteiger partial charge >= 0.3 is 0 Å². The number of hydrogen-bond donors (Lipinski definition) is 2. The highest BCUT2D eigenvalue weighted by Crippen LogP contribution is 2.17. The van der Waals surface area contributed by atoms with Crippen molar-refractivity contribution >= 4 is 5.91 Å². The molecule has 0 saturated heterocycles. The Morgan fingerprint density at radius 3 is 2.48 bits per heavy atom. The molecule has 2 aromatic rings. The second-order valence-corrected chi connectivity index (χ2v) is 6.62. The minimum atomic E-state index is -0.433. The molecule has 6 nitrogen and oxygen atoms in total. The molecule has 0 aliphatic heterocycles. The zero-order valence-corrected chi connectivity index (χ0v) is 14.2. The molecule has 2 heterocycles. The van der Waals surface area contributed by atoms with Crippen LogP contribution in [0.15, 0.2) is 23.1 Å². The fraction of sp³-hybridized carbons (Fsp3) is 0.412. The smallest absolute Gasteiger partial charge is 0.264 e. The normalized spacial score (nSPS) is 11.3. The van der Waals surface area contributed by atoms with Crippen LogP contribution in [0.4, 0.5) is 0 Å². The number of rotatable bonds is 3. The lowest BCUT2D eigenvalue weighted by molar-refractivity contribution is 0.0948. The molecular weight excluding hydrogens is 292 g/mol. The third kappa shape index (κ3) is 4.03. The van der Waals surface area contributed by atoms with Gasteiger partial charge in [0.2, 0.25) is 0 Å². The summed E-state index contributed by atoms with van der Waals surface area (Å²) in [7, 11) is 0. The predicted molar refractivity (Wildman–Crippen MR) is 88.4 cm³/mol. The van der Waals surface area contributed by atoms with Crippen molar-refractivity contribution in [3.8, 4) is 0 Å². The lowest BCUT2D eigenvalue weighted by atomic mass is 9.95. The van der Waals surface area contributed by atoms with Gasteiger partial charge in [-0.05, 0) is 25.5 Å². The molecule has 0 fully saturated rings. The second-order valence-electron chi connectivity index (χ2n) is 6.62. The van der Waals surface area contributed by atoms with Crippen molar-refractivity contribution in [2.45, 2.75) is 46.6 Å². The summed E-state index contributed by atoms with van der Waals surface area (Å²) in [6, 6.07) is 3.76. The van der Waals surface area contributed by atoms with Crippen molar-refractivity contribution in [3.63, 3.8) is 0 Å². The van der Waals surface area contributed by atoms with E-state index in [4.69, 9.17) is 0 Å². The maximum atomic E-state index is 12.3. The van der Waals surface area contributed by atoms with Gasteiger partial charge in [0.15, 0.2) is 0 Å². The Bertz CT molecular complexity index is 771. The maximum Gasteiger partial charge on any atom is 0.264 e. The number of nitrogens with one attached hydrogen (secondary N) is 2. The van der Waals surface area contributed by atoms with Gasteiger partial charge < -0.3 is 10.3 Å². The van der Waals surface area contributed by atoms with Crippen LogP contribution in [0.5, 0.6) is 0 Å². The molecule has 0 spiro atoms. The van der Waals surface area contributed by atoms with Gasteiger partial charge in [-0.2, -0.15) is 0 Å². The highest BCUT2D eigenvalue weighted by atomic mass is 16.2. The van der Waals surface area contributed by atoms with Crippen LogP contribution in [0.2, 0.25) is 0 Å². The van der Waals surface area contributed by atoms with Crippen LogP contribution < -0.4 is 10.9 Å². The highest BCUT2D eigenvalue weighted by molar-refractivity contribution is 5.94. The van der Waals surface area contributed by atoms with Crippen molar-refractivity contribution in [2.24, 2.45) is 0 Å². The van der Waals surface area contributed by atoms with E-state index < -0.39 is 11.5 Å². The number of aromatic amines is 1. The SMILES string of the molecule is Cc1ccc(CNC(=O)c2c(C)nc(C(C)(C)C)[nH]c2=O)cn1. The molecule has 2 rings (SSSR count). The summed E-state index contributed by atoms with van der Waals surface area (Å²) in [5, 5.41) is 2.74. The van der Waals surface area contributed by atoms with Gasteiger partial charge in [-0.15, -0.1) is 0 Å². The lowest BCUT2D eigenvalue weighted by Gasteiger charge is -2.18. The first-order valence-electron chi connectivity index (χ1n) is 7.49. The molecule has 2 aromatic heterocycles. The molecule has 0 unspecified atom stereocenters. The van der Waals surface area contributed by atoms with Crippen molar-refractivity contribution in [2.75, 3.05) is 0 Å². The van der Waals surface area contributed by atoms with E-state index in [1.54, 1.807) is 13.1 Å².